The monoisotopic (exact) mass is 412 g/mol. The van der Waals surface area contributed by atoms with Crippen molar-refractivity contribution < 1.29 is 13.2 Å². The van der Waals surface area contributed by atoms with Gasteiger partial charge < -0.3 is 5.32 Å². The Kier molecular flexibility index (Phi) is 6.69. The maximum absolute atomic E-state index is 12.2. The summed E-state index contributed by atoms with van der Waals surface area (Å²) in [5.41, 5.74) is 1.57. The summed E-state index contributed by atoms with van der Waals surface area (Å²) in [4.78, 5) is 11.9. The molecule has 0 fully saturated rings. The minimum atomic E-state index is -3.56. The van der Waals surface area contributed by atoms with Gasteiger partial charge in [-0.15, -0.1) is 6.58 Å². The standard InChI is InChI=1S/C18H18Cl2N2O3S/c1-3-8-21-18(23)14-6-4-13(5-7-14)12-22(26(2,24)25)17-10-15(19)9-16(20)11-17/h3-7,9-11H,1,8,12H2,2H3,(H,21,23). The van der Waals surface area contributed by atoms with Crippen LogP contribution in [0.2, 0.25) is 10.0 Å². The maximum atomic E-state index is 12.2. The first-order valence-corrected chi connectivity index (χ1v) is 10.2. The molecule has 0 aliphatic heterocycles. The molecule has 0 unspecified atom stereocenters. The van der Waals surface area contributed by atoms with Crippen molar-refractivity contribution in [1.29, 1.82) is 0 Å². The number of carbonyl (C=O) groups excluding carboxylic acids is 1. The number of carbonyl (C=O) groups is 1. The molecule has 2 aromatic rings. The molecule has 0 heterocycles. The Morgan fingerprint density at radius 1 is 1.15 bits per heavy atom. The molecule has 0 aromatic heterocycles. The summed E-state index contributed by atoms with van der Waals surface area (Å²) in [6.45, 7) is 4.00. The molecule has 0 saturated carbocycles. The third-order valence-electron chi connectivity index (χ3n) is 3.48. The number of hydrogen-bond acceptors (Lipinski definition) is 3. The van der Waals surface area contributed by atoms with Crippen molar-refractivity contribution in [3.63, 3.8) is 0 Å². The summed E-state index contributed by atoms with van der Waals surface area (Å²) < 4.78 is 25.6. The van der Waals surface area contributed by atoms with Gasteiger partial charge in [-0.25, -0.2) is 8.42 Å². The molecule has 1 amide bonds. The molecular formula is C18H18Cl2N2O3S. The lowest BCUT2D eigenvalue weighted by Crippen LogP contribution is -2.29. The predicted octanol–water partition coefficient (Wildman–Crippen LogP) is 3.88. The van der Waals surface area contributed by atoms with Gasteiger partial charge in [0, 0.05) is 22.2 Å². The van der Waals surface area contributed by atoms with Crippen LogP contribution < -0.4 is 9.62 Å². The largest absolute Gasteiger partial charge is 0.349 e. The van der Waals surface area contributed by atoms with Gasteiger partial charge in [0.25, 0.3) is 5.91 Å². The summed E-state index contributed by atoms with van der Waals surface area (Å²) in [6, 6.07) is 11.3. The van der Waals surface area contributed by atoms with Crippen LogP contribution in [-0.2, 0) is 16.6 Å². The fraction of sp³-hybridized carbons (Fsp3) is 0.167. The Morgan fingerprint density at radius 2 is 1.73 bits per heavy atom. The van der Waals surface area contributed by atoms with E-state index in [1.54, 1.807) is 30.3 Å². The fourth-order valence-corrected chi connectivity index (χ4v) is 3.66. The molecule has 8 heteroatoms. The molecule has 0 bridgehead atoms. The van der Waals surface area contributed by atoms with Gasteiger partial charge in [0.05, 0.1) is 18.5 Å². The lowest BCUT2D eigenvalue weighted by Gasteiger charge is -2.23. The average Bonchev–Trinajstić information content (AvgIpc) is 2.56. The van der Waals surface area contributed by atoms with Crippen LogP contribution in [0.3, 0.4) is 0 Å². The van der Waals surface area contributed by atoms with E-state index in [2.05, 4.69) is 11.9 Å². The number of rotatable bonds is 7. The third-order valence-corrected chi connectivity index (χ3v) is 5.06. The van der Waals surface area contributed by atoms with Crippen LogP contribution in [0.1, 0.15) is 15.9 Å². The van der Waals surface area contributed by atoms with E-state index >= 15 is 0 Å². The fourth-order valence-electron chi connectivity index (χ4n) is 2.28. The zero-order valence-electron chi connectivity index (χ0n) is 14.1. The van der Waals surface area contributed by atoms with Crippen molar-refractivity contribution in [3.05, 3.63) is 76.3 Å². The van der Waals surface area contributed by atoms with Crippen molar-refractivity contribution in [1.82, 2.24) is 5.32 Å². The van der Waals surface area contributed by atoms with Gasteiger partial charge in [0.2, 0.25) is 10.0 Å². The molecule has 0 radical (unpaired) electrons. The first kappa shape index (κ1) is 20.3. The molecule has 2 aromatic carbocycles. The molecule has 1 N–H and O–H groups in total. The first-order chi connectivity index (χ1) is 12.2. The quantitative estimate of drug-likeness (QED) is 0.701. The van der Waals surface area contributed by atoms with Crippen LogP contribution >= 0.6 is 23.2 Å². The zero-order chi connectivity index (χ0) is 19.3. The highest BCUT2D eigenvalue weighted by molar-refractivity contribution is 7.92. The summed E-state index contributed by atoms with van der Waals surface area (Å²) >= 11 is 12.0. The Balaban J connectivity index is 2.27. The smallest absolute Gasteiger partial charge is 0.251 e. The maximum Gasteiger partial charge on any atom is 0.251 e. The molecule has 5 nitrogen and oxygen atoms in total. The molecule has 26 heavy (non-hydrogen) atoms. The highest BCUT2D eigenvalue weighted by Crippen LogP contribution is 2.28. The number of nitrogens with zero attached hydrogens (tertiary/aromatic N) is 1. The number of hydrogen-bond donors (Lipinski definition) is 1. The summed E-state index contributed by atoms with van der Waals surface area (Å²) in [5.74, 6) is -0.224. The van der Waals surface area contributed by atoms with Crippen molar-refractivity contribution in [2.24, 2.45) is 0 Å². The van der Waals surface area contributed by atoms with E-state index < -0.39 is 10.0 Å². The minimum absolute atomic E-state index is 0.0874. The zero-order valence-corrected chi connectivity index (χ0v) is 16.4. The van der Waals surface area contributed by atoms with E-state index in [-0.39, 0.29) is 12.5 Å². The SMILES string of the molecule is C=CCNC(=O)c1ccc(CN(c2cc(Cl)cc(Cl)c2)S(C)(=O)=O)cc1. The Bertz CT molecular complexity index is 892. The van der Waals surface area contributed by atoms with E-state index in [4.69, 9.17) is 23.2 Å². The van der Waals surface area contributed by atoms with Crippen molar-refractivity contribution in [2.75, 3.05) is 17.1 Å². The molecule has 0 atom stereocenters. The Morgan fingerprint density at radius 3 is 2.23 bits per heavy atom. The van der Waals surface area contributed by atoms with Crippen molar-refractivity contribution in [2.45, 2.75) is 6.54 Å². The van der Waals surface area contributed by atoms with Crippen LogP contribution in [0.4, 0.5) is 5.69 Å². The number of nitrogens with one attached hydrogen (secondary N) is 1. The highest BCUT2D eigenvalue weighted by Gasteiger charge is 2.19. The Hall–Kier alpha value is -2.02. The van der Waals surface area contributed by atoms with Crippen LogP contribution in [0.15, 0.2) is 55.1 Å². The van der Waals surface area contributed by atoms with E-state index in [0.29, 0.717) is 33.4 Å². The lowest BCUT2D eigenvalue weighted by molar-refractivity contribution is 0.0958. The summed E-state index contributed by atoms with van der Waals surface area (Å²) in [7, 11) is -3.56. The van der Waals surface area contributed by atoms with Gasteiger partial charge in [0.15, 0.2) is 0 Å². The summed E-state index contributed by atoms with van der Waals surface area (Å²) in [5, 5.41) is 3.36. The van der Waals surface area contributed by atoms with Crippen LogP contribution in [0.5, 0.6) is 0 Å². The third kappa shape index (κ3) is 5.49. The van der Waals surface area contributed by atoms with Gasteiger partial charge in [0.1, 0.15) is 0 Å². The second-order valence-electron chi connectivity index (χ2n) is 5.59. The highest BCUT2D eigenvalue weighted by atomic mass is 35.5. The second-order valence-corrected chi connectivity index (χ2v) is 8.37. The minimum Gasteiger partial charge on any atom is -0.349 e. The van der Waals surface area contributed by atoms with Crippen molar-refractivity contribution in [3.8, 4) is 0 Å². The summed E-state index contributed by atoms with van der Waals surface area (Å²) in [6.07, 6.45) is 2.70. The lowest BCUT2D eigenvalue weighted by atomic mass is 10.1. The van der Waals surface area contributed by atoms with Crippen LogP contribution in [0.25, 0.3) is 0 Å². The molecule has 138 valence electrons. The topological polar surface area (TPSA) is 66.5 Å². The molecule has 2 rings (SSSR count). The van der Waals surface area contributed by atoms with Gasteiger partial charge in [-0.2, -0.15) is 0 Å². The number of sulfonamides is 1. The Labute approximate surface area is 163 Å². The predicted molar refractivity (Wildman–Crippen MR) is 106 cm³/mol. The number of anilines is 1. The molecular weight excluding hydrogens is 395 g/mol. The van der Waals surface area contributed by atoms with Gasteiger partial charge in [-0.3, -0.25) is 9.10 Å². The van der Waals surface area contributed by atoms with Crippen molar-refractivity contribution >= 4 is 44.8 Å². The molecule has 0 saturated heterocycles. The van der Waals surface area contributed by atoms with Gasteiger partial charge in [-0.05, 0) is 35.9 Å². The van der Waals surface area contributed by atoms with E-state index in [1.807, 2.05) is 0 Å². The van der Waals surface area contributed by atoms with Gasteiger partial charge >= 0.3 is 0 Å². The number of halogens is 2. The van der Waals surface area contributed by atoms with Crippen LogP contribution in [-0.4, -0.2) is 27.1 Å². The van der Waals surface area contributed by atoms with E-state index in [1.165, 1.54) is 22.5 Å². The number of benzene rings is 2. The van der Waals surface area contributed by atoms with E-state index in [9.17, 15) is 13.2 Å². The first-order valence-electron chi connectivity index (χ1n) is 7.62. The molecule has 0 aliphatic carbocycles. The van der Waals surface area contributed by atoms with Gasteiger partial charge in [-0.1, -0.05) is 41.4 Å². The normalized spacial score (nSPS) is 11.0. The second kappa shape index (κ2) is 8.58. The molecule has 0 spiro atoms. The van der Waals surface area contributed by atoms with Crippen LogP contribution in [0, 0.1) is 0 Å². The number of amides is 1. The molecule has 0 aliphatic rings. The van der Waals surface area contributed by atoms with E-state index in [0.717, 1.165) is 6.26 Å². The average molecular weight is 413 g/mol.